The van der Waals surface area contributed by atoms with Crippen LogP contribution < -0.4 is 5.32 Å². The third-order valence-corrected chi connectivity index (χ3v) is 4.94. The van der Waals surface area contributed by atoms with E-state index < -0.39 is 17.6 Å². The van der Waals surface area contributed by atoms with Crippen molar-refractivity contribution in [3.05, 3.63) is 78.3 Å². The number of aliphatic hydroxyl groups excluding tert-OH is 2. The summed E-state index contributed by atoms with van der Waals surface area (Å²) in [4.78, 5) is 12.5. The summed E-state index contributed by atoms with van der Waals surface area (Å²) >= 11 is 0. The number of allylic oxidation sites excluding steroid dienone is 9. The van der Waals surface area contributed by atoms with Gasteiger partial charge >= 0.3 is 0 Å². The van der Waals surface area contributed by atoms with Crippen molar-refractivity contribution >= 4 is 5.91 Å². The Bertz CT molecular complexity index is 721. The Kier molecular flexibility index (Phi) is 17.1. The largest absolute Gasteiger partial charge is 0.391 e. The third kappa shape index (κ3) is 13.2. The predicted molar refractivity (Wildman–Crippen MR) is 128 cm³/mol. The Labute approximate surface area is 214 Å². The standard InChI is InChI=1S/C26H40NO3.Y/c1-19(2)21(5)15-11-9-12-16-22(6)24(29)26(7,8)25(30)27-18-14-10-13-17-23(28)20(3)4;/h9-17,20,23-24,28-29H,3,18H2,1-2,4-8H3,(H,27,30);/q-1;/b12-9-,14-10+,15-11+,17-13+,22-16-;. The minimum Gasteiger partial charge on any atom is -0.391 e. The van der Waals surface area contributed by atoms with Gasteiger partial charge in [-0.05, 0) is 47.1 Å². The Hall–Kier alpha value is -1.07. The fraction of sp³-hybridized carbons (Fsp3) is 0.462. The maximum absolute atomic E-state index is 12.5. The molecular formula is C26H40NO3Y-. The minimum absolute atomic E-state index is 0. The van der Waals surface area contributed by atoms with Crippen LogP contribution in [0.1, 0.15) is 48.5 Å². The normalized spacial score (nSPS) is 16.0. The summed E-state index contributed by atoms with van der Waals surface area (Å²) < 4.78 is 0. The molecule has 3 atom stereocenters. The maximum Gasteiger partial charge on any atom is 0.228 e. The van der Waals surface area contributed by atoms with Crippen LogP contribution in [0.3, 0.4) is 0 Å². The molecule has 1 amide bonds. The van der Waals surface area contributed by atoms with Crippen molar-refractivity contribution in [1.82, 2.24) is 5.32 Å². The van der Waals surface area contributed by atoms with Gasteiger partial charge in [0.05, 0.1) is 11.5 Å². The molecule has 0 aromatic heterocycles. The van der Waals surface area contributed by atoms with E-state index in [2.05, 4.69) is 33.0 Å². The van der Waals surface area contributed by atoms with Crippen molar-refractivity contribution in [2.75, 3.05) is 6.54 Å². The molecule has 0 aliphatic rings. The molecule has 171 valence electrons. The summed E-state index contributed by atoms with van der Waals surface area (Å²) in [7, 11) is 0. The van der Waals surface area contributed by atoms with E-state index in [1.165, 1.54) is 11.1 Å². The van der Waals surface area contributed by atoms with Gasteiger partial charge in [0.1, 0.15) is 0 Å². The van der Waals surface area contributed by atoms with Crippen LogP contribution in [0.4, 0.5) is 0 Å². The van der Waals surface area contributed by atoms with Gasteiger partial charge in [-0.3, -0.25) is 4.79 Å². The maximum atomic E-state index is 12.5. The van der Waals surface area contributed by atoms with Crippen molar-refractivity contribution in [2.24, 2.45) is 11.3 Å². The predicted octanol–water partition coefficient (Wildman–Crippen LogP) is 4.85. The molecule has 4 nitrogen and oxygen atoms in total. The molecule has 0 rings (SSSR count). The Morgan fingerprint density at radius 3 is 2.19 bits per heavy atom. The van der Waals surface area contributed by atoms with E-state index in [4.69, 9.17) is 0 Å². The van der Waals surface area contributed by atoms with Crippen LogP contribution in [-0.2, 0) is 37.5 Å². The SMILES string of the molecule is [CH2-]C(C)C(O)/C=C/C=C/CNC(=O)C(C)(C)C(O)\C(C)=C/C=C\C=C\C(C)=C(C)C.[Y]. The molecule has 0 heterocycles. The summed E-state index contributed by atoms with van der Waals surface area (Å²) in [6.07, 6.45) is 15.0. The van der Waals surface area contributed by atoms with Gasteiger partial charge in [-0.15, -0.1) is 5.92 Å². The van der Waals surface area contributed by atoms with E-state index in [0.717, 1.165) is 0 Å². The van der Waals surface area contributed by atoms with Crippen LogP contribution in [0, 0.1) is 18.3 Å². The smallest absolute Gasteiger partial charge is 0.228 e. The summed E-state index contributed by atoms with van der Waals surface area (Å²) in [6.45, 7) is 17.4. The number of carbonyl (C=O) groups excluding carboxylic acids is 1. The Balaban J connectivity index is 0. The van der Waals surface area contributed by atoms with Gasteiger partial charge in [-0.2, -0.15) is 0 Å². The van der Waals surface area contributed by atoms with Crippen molar-refractivity contribution in [2.45, 2.75) is 60.7 Å². The molecule has 0 aliphatic carbocycles. The number of hydrogen-bond acceptors (Lipinski definition) is 3. The van der Waals surface area contributed by atoms with E-state index >= 15 is 0 Å². The van der Waals surface area contributed by atoms with E-state index in [0.29, 0.717) is 12.1 Å². The first-order chi connectivity index (χ1) is 13.9. The number of hydrogen-bond donors (Lipinski definition) is 3. The molecule has 0 saturated carbocycles. The molecule has 0 aliphatic heterocycles. The van der Waals surface area contributed by atoms with Crippen LogP contribution in [0.15, 0.2) is 71.4 Å². The van der Waals surface area contributed by atoms with Crippen molar-refractivity contribution < 1.29 is 47.7 Å². The molecular weight excluding hydrogens is 463 g/mol. The van der Waals surface area contributed by atoms with E-state index in [9.17, 15) is 15.0 Å². The van der Waals surface area contributed by atoms with Crippen molar-refractivity contribution in [3.63, 3.8) is 0 Å². The van der Waals surface area contributed by atoms with Crippen LogP contribution in [0.25, 0.3) is 0 Å². The second kappa shape index (κ2) is 16.6. The van der Waals surface area contributed by atoms with E-state index in [-0.39, 0.29) is 44.5 Å². The average Bonchev–Trinajstić information content (AvgIpc) is 2.68. The fourth-order valence-corrected chi connectivity index (χ4v) is 2.32. The van der Waals surface area contributed by atoms with Gasteiger partial charge in [-0.25, -0.2) is 0 Å². The summed E-state index contributed by atoms with van der Waals surface area (Å²) in [6, 6.07) is 0. The molecule has 0 bridgehead atoms. The first kappa shape index (κ1) is 32.1. The van der Waals surface area contributed by atoms with Crippen molar-refractivity contribution in [3.8, 4) is 0 Å². The zero-order valence-electron chi connectivity index (χ0n) is 20.2. The fourth-order valence-electron chi connectivity index (χ4n) is 2.32. The van der Waals surface area contributed by atoms with Crippen LogP contribution in [-0.4, -0.2) is 34.9 Å². The number of nitrogens with one attached hydrogen (secondary N) is 1. The number of carbonyl (C=O) groups is 1. The number of aliphatic hydroxyl groups is 2. The molecule has 0 fully saturated rings. The Morgan fingerprint density at radius 1 is 1.03 bits per heavy atom. The van der Waals surface area contributed by atoms with Gasteiger partial charge in [0.15, 0.2) is 0 Å². The van der Waals surface area contributed by atoms with E-state index in [1.54, 1.807) is 38.2 Å². The Morgan fingerprint density at radius 2 is 1.65 bits per heavy atom. The van der Waals surface area contributed by atoms with Crippen molar-refractivity contribution in [1.29, 1.82) is 0 Å². The molecule has 3 N–H and O–H groups in total. The third-order valence-electron chi connectivity index (χ3n) is 4.94. The molecule has 1 radical (unpaired) electrons. The van der Waals surface area contributed by atoms with Crippen LogP contribution in [0.5, 0.6) is 0 Å². The van der Waals surface area contributed by atoms with Gasteiger partial charge < -0.3 is 22.5 Å². The van der Waals surface area contributed by atoms with E-state index in [1.807, 2.05) is 44.2 Å². The summed E-state index contributed by atoms with van der Waals surface area (Å²) in [5, 5.41) is 23.1. The second-order valence-corrected chi connectivity index (χ2v) is 8.45. The minimum atomic E-state index is -0.966. The monoisotopic (exact) mass is 503 g/mol. The van der Waals surface area contributed by atoms with Gasteiger partial charge in [-0.1, -0.05) is 72.8 Å². The topological polar surface area (TPSA) is 69.6 Å². The summed E-state index contributed by atoms with van der Waals surface area (Å²) in [5.74, 6) is -0.314. The molecule has 0 aromatic carbocycles. The molecule has 0 spiro atoms. The quantitative estimate of drug-likeness (QED) is 0.279. The summed E-state index contributed by atoms with van der Waals surface area (Å²) in [5.41, 5.74) is 2.24. The molecule has 0 aromatic rings. The second-order valence-electron chi connectivity index (χ2n) is 8.45. The molecule has 5 heteroatoms. The van der Waals surface area contributed by atoms with Gasteiger partial charge in [0.2, 0.25) is 5.91 Å². The van der Waals surface area contributed by atoms with Crippen LogP contribution in [0.2, 0.25) is 0 Å². The zero-order chi connectivity index (χ0) is 23.3. The number of amides is 1. The van der Waals surface area contributed by atoms with Gasteiger partial charge in [0, 0.05) is 45.4 Å². The first-order valence-electron chi connectivity index (χ1n) is 10.4. The molecule has 3 unspecified atom stereocenters. The van der Waals surface area contributed by atoms with Crippen LogP contribution >= 0.6 is 0 Å². The molecule has 31 heavy (non-hydrogen) atoms. The number of rotatable bonds is 11. The molecule has 0 saturated heterocycles. The van der Waals surface area contributed by atoms with Gasteiger partial charge in [0.25, 0.3) is 0 Å². The zero-order valence-corrected chi connectivity index (χ0v) is 23.1. The average molecular weight is 504 g/mol. The first-order valence-corrected chi connectivity index (χ1v) is 10.4.